The summed E-state index contributed by atoms with van der Waals surface area (Å²) in [5, 5.41) is 0. The highest BCUT2D eigenvalue weighted by Gasteiger charge is 2.67. The van der Waals surface area contributed by atoms with Gasteiger partial charge in [0.25, 0.3) is 0 Å². The van der Waals surface area contributed by atoms with Crippen LogP contribution in [0.3, 0.4) is 0 Å². The minimum atomic E-state index is -7.18. The lowest BCUT2D eigenvalue weighted by Crippen LogP contribution is -2.50. The van der Waals surface area contributed by atoms with Crippen LogP contribution in [0, 0.1) is 0 Å². The van der Waals surface area contributed by atoms with Crippen LogP contribution in [-0.4, -0.2) is 31.0 Å². The Labute approximate surface area is 238 Å². The Morgan fingerprint density at radius 3 is 1.15 bits per heavy atom. The minimum absolute atomic E-state index is 0.393. The number of nitrogens with zero attached hydrogens (tertiary/aromatic N) is 1. The third kappa shape index (κ3) is 5.73. The zero-order valence-electron chi connectivity index (χ0n) is 20.5. The smallest absolute Gasteiger partial charge is 0.201 e. The van der Waals surface area contributed by atoms with Gasteiger partial charge >= 0.3 is 31.1 Å². The van der Waals surface area contributed by atoms with Crippen molar-refractivity contribution >= 4 is 42.0 Å². The number of alkyl halides is 6. The van der Waals surface area contributed by atoms with Crippen molar-refractivity contribution in [2.45, 2.75) is 35.5 Å². The average molecular weight is 652 g/mol. The van der Waals surface area contributed by atoms with Gasteiger partial charge in [-0.05, 0) is 63.8 Å². The van der Waals surface area contributed by atoms with Crippen molar-refractivity contribution in [2.75, 3.05) is 0 Å². The average Bonchev–Trinajstić information content (AvgIpc) is 2.92. The number of sulfonamides is 2. The fourth-order valence-corrected chi connectivity index (χ4v) is 13.9. The molecule has 0 N–H and O–H groups in total. The molecule has 0 saturated carbocycles. The van der Waals surface area contributed by atoms with Gasteiger partial charge in [-0.3, -0.25) is 0 Å². The van der Waals surface area contributed by atoms with E-state index in [0.717, 1.165) is 41.3 Å². The van der Waals surface area contributed by atoms with Crippen molar-refractivity contribution in [1.82, 2.24) is 3.12 Å². The maximum atomic E-state index is 14.1. The largest absolute Gasteiger partial charge is 0.513 e. The van der Waals surface area contributed by atoms with E-state index in [1.54, 1.807) is 30.3 Å². The molecule has 0 atom stereocenters. The van der Waals surface area contributed by atoms with E-state index in [9.17, 15) is 43.2 Å². The van der Waals surface area contributed by atoms with E-state index in [1.165, 1.54) is 60.3 Å². The summed E-state index contributed by atoms with van der Waals surface area (Å²) < 4.78 is 136. The van der Waals surface area contributed by atoms with E-state index in [-0.39, 0.29) is 0 Å². The van der Waals surface area contributed by atoms with E-state index < -0.39 is 59.1 Å². The number of hydrogen-bond acceptors (Lipinski definition) is 5. The van der Waals surface area contributed by atoms with Crippen LogP contribution in [-0.2, 0) is 20.0 Å². The molecule has 0 fully saturated rings. The number of halogens is 6. The van der Waals surface area contributed by atoms with E-state index in [0.29, 0.717) is 4.90 Å². The standard InChI is InChI=1S/C26H19F6NO4S4/c27-25(28,29)40(34,35)33(41(36,37)26(30,31)32)39(22-12-6-2-7-13-22,23-14-8-3-9-15-23)24-18-16-21(17-19-24)38-20-10-4-1-5-11-20/h1-19H. The number of rotatable bonds is 8. The molecule has 15 heteroatoms. The van der Waals surface area contributed by atoms with Gasteiger partial charge in [0.05, 0.1) is 0 Å². The van der Waals surface area contributed by atoms with Crippen LogP contribution in [0.1, 0.15) is 0 Å². The fourth-order valence-electron chi connectivity index (χ4n) is 3.82. The quantitative estimate of drug-likeness (QED) is 0.181. The lowest BCUT2D eigenvalue weighted by molar-refractivity contribution is -0.0505. The van der Waals surface area contributed by atoms with Gasteiger partial charge in [-0.1, -0.05) is 76.6 Å². The molecule has 0 aliphatic rings. The minimum Gasteiger partial charge on any atom is -0.201 e. The molecular formula is C26H19F6NO4S4. The van der Waals surface area contributed by atoms with Gasteiger partial charge < -0.3 is 0 Å². The highest BCUT2D eigenvalue weighted by atomic mass is 32.4. The zero-order valence-corrected chi connectivity index (χ0v) is 23.7. The molecule has 4 aromatic rings. The lowest BCUT2D eigenvalue weighted by Gasteiger charge is -2.47. The first-order chi connectivity index (χ1) is 19.1. The molecule has 0 unspecified atom stereocenters. The summed E-state index contributed by atoms with van der Waals surface area (Å²) in [5.74, 6) is 0. The lowest BCUT2D eigenvalue weighted by atomic mass is 10.3. The SMILES string of the molecule is O=S(=O)(N(S(c1ccccc1)(c1ccccc1)c1ccc(Sc2ccccc2)cc1)S(=O)(=O)C(F)(F)F)C(F)(F)F. The first-order valence-electron chi connectivity index (χ1n) is 11.3. The number of benzene rings is 4. The summed E-state index contributed by atoms with van der Waals surface area (Å²) in [6.07, 6.45) is 0. The molecule has 218 valence electrons. The Morgan fingerprint density at radius 2 is 0.780 bits per heavy atom. The Hall–Kier alpha value is -2.98. The van der Waals surface area contributed by atoms with E-state index in [4.69, 9.17) is 0 Å². The molecule has 0 aromatic heterocycles. The van der Waals surface area contributed by atoms with Crippen molar-refractivity contribution < 1.29 is 43.2 Å². The molecule has 0 amide bonds. The molecule has 0 radical (unpaired) electrons. The Balaban J connectivity index is 2.15. The first-order valence-corrected chi connectivity index (χ1v) is 16.6. The van der Waals surface area contributed by atoms with E-state index >= 15 is 0 Å². The number of hydrogen-bond donors (Lipinski definition) is 0. The van der Waals surface area contributed by atoms with Crippen LogP contribution in [0.25, 0.3) is 0 Å². The van der Waals surface area contributed by atoms with Crippen molar-refractivity contribution in [2.24, 2.45) is 0 Å². The van der Waals surface area contributed by atoms with Gasteiger partial charge in [0, 0.05) is 24.5 Å². The van der Waals surface area contributed by atoms with Crippen molar-refractivity contribution in [3.8, 4) is 0 Å². The molecular weight excluding hydrogens is 633 g/mol. The van der Waals surface area contributed by atoms with Crippen LogP contribution in [0.15, 0.2) is 140 Å². The van der Waals surface area contributed by atoms with Crippen molar-refractivity contribution in [1.29, 1.82) is 0 Å². The van der Waals surface area contributed by atoms with Crippen molar-refractivity contribution in [3.63, 3.8) is 0 Å². The maximum absolute atomic E-state index is 14.1. The summed E-state index contributed by atoms with van der Waals surface area (Å²) in [6.45, 7) is 0. The summed E-state index contributed by atoms with van der Waals surface area (Å²) >= 11 is 1.23. The topological polar surface area (TPSA) is 71.5 Å². The zero-order chi connectivity index (χ0) is 30.1. The summed E-state index contributed by atoms with van der Waals surface area (Å²) in [5.41, 5.74) is -12.8. The molecule has 0 heterocycles. The first kappa shape index (κ1) is 31.0. The Bertz CT molecular complexity index is 1620. The van der Waals surface area contributed by atoms with Gasteiger partial charge in [-0.15, -0.1) is 0 Å². The monoisotopic (exact) mass is 651 g/mol. The highest BCUT2D eigenvalue weighted by Crippen LogP contribution is 2.74. The van der Waals surface area contributed by atoms with Crippen LogP contribution in [0.5, 0.6) is 0 Å². The van der Waals surface area contributed by atoms with Gasteiger partial charge in [-0.25, -0.2) is 16.8 Å². The van der Waals surface area contributed by atoms with Crippen LogP contribution in [0.2, 0.25) is 0 Å². The summed E-state index contributed by atoms with van der Waals surface area (Å²) in [4.78, 5) is 0.0998. The summed E-state index contributed by atoms with van der Waals surface area (Å²) in [6, 6.07) is 26.1. The second kappa shape index (κ2) is 11.4. The Morgan fingerprint density at radius 1 is 0.463 bits per heavy atom. The molecule has 0 aliphatic heterocycles. The molecule has 4 aromatic carbocycles. The molecule has 0 aliphatic carbocycles. The molecule has 0 spiro atoms. The molecule has 5 nitrogen and oxygen atoms in total. The predicted molar refractivity (Wildman–Crippen MR) is 144 cm³/mol. The molecule has 41 heavy (non-hydrogen) atoms. The van der Waals surface area contributed by atoms with Crippen LogP contribution < -0.4 is 0 Å². The third-order valence-electron chi connectivity index (χ3n) is 5.51. The van der Waals surface area contributed by atoms with E-state index in [1.807, 2.05) is 0 Å². The maximum Gasteiger partial charge on any atom is 0.513 e. The Kier molecular flexibility index (Phi) is 8.58. The summed E-state index contributed by atoms with van der Waals surface area (Å²) in [7, 11) is -18.9. The highest BCUT2D eigenvalue weighted by molar-refractivity contribution is 8.41. The molecule has 0 bridgehead atoms. The fraction of sp³-hybridized carbons (Fsp3) is 0.0769. The normalized spacial score (nSPS) is 13.7. The predicted octanol–water partition coefficient (Wildman–Crippen LogP) is 8.04. The third-order valence-corrected chi connectivity index (χ3v) is 15.5. The van der Waals surface area contributed by atoms with Crippen LogP contribution in [0.4, 0.5) is 26.3 Å². The molecule has 4 rings (SSSR count). The van der Waals surface area contributed by atoms with E-state index in [2.05, 4.69) is 0 Å². The second-order valence-electron chi connectivity index (χ2n) is 8.16. The molecule has 0 saturated heterocycles. The van der Waals surface area contributed by atoms with Gasteiger partial charge in [-0.2, -0.15) is 26.3 Å². The van der Waals surface area contributed by atoms with Gasteiger partial charge in [0.1, 0.15) is 0 Å². The second-order valence-corrected chi connectivity index (χ2v) is 16.5. The van der Waals surface area contributed by atoms with Gasteiger partial charge in [0.2, 0.25) is 0 Å². The van der Waals surface area contributed by atoms with Gasteiger partial charge in [0.15, 0.2) is 0 Å². The van der Waals surface area contributed by atoms with Crippen LogP contribution >= 0.6 is 22.0 Å². The van der Waals surface area contributed by atoms with Crippen molar-refractivity contribution in [3.05, 3.63) is 115 Å².